The van der Waals surface area contributed by atoms with Gasteiger partial charge in [0.15, 0.2) is 0 Å². The highest BCUT2D eigenvalue weighted by Crippen LogP contribution is 2.40. The van der Waals surface area contributed by atoms with Gasteiger partial charge in [0.05, 0.1) is 5.69 Å². The summed E-state index contributed by atoms with van der Waals surface area (Å²) in [6.07, 6.45) is 8.81. The van der Waals surface area contributed by atoms with Gasteiger partial charge in [-0.1, -0.05) is 25.8 Å². The summed E-state index contributed by atoms with van der Waals surface area (Å²) in [6, 6.07) is 6.10. The third kappa shape index (κ3) is 2.82. The topological polar surface area (TPSA) is 24.9 Å². The van der Waals surface area contributed by atoms with E-state index in [4.69, 9.17) is 0 Å². The van der Waals surface area contributed by atoms with E-state index in [1.165, 1.54) is 32.1 Å². The average Bonchev–Trinajstić information content (AvgIpc) is 2.80. The van der Waals surface area contributed by atoms with E-state index in [1.807, 2.05) is 12.3 Å². The molecule has 0 spiro atoms. The zero-order valence-electron chi connectivity index (χ0n) is 10.2. The molecule has 0 aliphatic heterocycles. The highest BCUT2D eigenvalue weighted by molar-refractivity contribution is 5.03. The van der Waals surface area contributed by atoms with Crippen LogP contribution in [0.15, 0.2) is 24.4 Å². The number of hydrogen-bond donors (Lipinski definition) is 1. The van der Waals surface area contributed by atoms with Gasteiger partial charge in [-0.3, -0.25) is 4.98 Å². The Kier molecular flexibility index (Phi) is 3.94. The summed E-state index contributed by atoms with van der Waals surface area (Å²) in [5, 5.41) is 3.57. The van der Waals surface area contributed by atoms with Gasteiger partial charge >= 0.3 is 0 Å². The van der Waals surface area contributed by atoms with Crippen molar-refractivity contribution in [3.05, 3.63) is 30.1 Å². The first-order chi connectivity index (χ1) is 7.85. The van der Waals surface area contributed by atoms with Gasteiger partial charge in [0, 0.05) is 19.3 Å². The van der Waals surface area contributed by atoms with Crippen LogP contribution in [0.25, 0.3) is 0 Å². The van der Waals surface area contributed by atoms with Crippen molar-refractivity contribution in [2.75, 3.05) is 6.54 Å². The normalized spacial score (nSPS) is 18.8. The van der Waals surface area contributed by atoms with Crippen LogP contribution in [0, 0.1) is 5.41 Å². The maximum atomic E-state index is 4.33. The minimum Gasteiger partial charge on any atom is -0.311 e. The van der Waals surface area contributed by atoms with Gasteiger partial charge in [-0.2, -0.15) is 0 Å². The second kappa shape index (κ2) is 5.44. The van der Waals surface area contributed by atoms with Gasteiger partial charge in [-0.05, 0) is 36.8 Å². The van der Waals surface area contributed by atoms with Crippen molar-refractivity contribution in [3.63, 3.8) is 0 Å². The number of aromatic nitrogens is 1. The summed E-state index contributed by atoms with van der Waals surface area (Å²) in [4.78, 5) is 4.33. The minimum atomic E-state index is 0.578. The molecule has 1 aromatic rings. The lowest BCUT2D eigenvalue weighted by Crippen LogP contribution is -2.31. The Morgan fingerprint density at radius 1 is 1.31 bits per heavy atom. The molecule has 0 radical (unpaired) electrons. The van der Waals surface area contributed by atoms with Crippen molar-refractivity contribution in [1.82, 2.24) is 10.3 Å². The lowest BCUT2D eigenvalue weighted by atomic mass is 9.83. The van der Waals surface area contributed by atoms with Crippen LogP contribution in [-0.2, 0) is 6.54 Å². The molecule has 0 bridgehead atoms. The molecule has 1 aliphatic rings. The zero-order valence-corrected chi connectivity index (χ0v) is 10.2. The summed E-state index contributed by atoms with van der Waals surface area (Å²) < 4.78 is 0. The first kappa shape index (κ1) is 11.6. The summed E-state index contributed by atoms with van der Waals surface area (Å²) in [5.74, 6) is 0. The SMILES string of the molecule is CCC1(CNCc2ccccn2)CCCC1. The summed E-state index contributed by atoms with van der Waals surface area (Å²) in [7, 11) is 0. The van der Waals surface area contributed by atoms with Crippen molar-refractivity contribution in [1.29, 1.82) is 0 Å². The molecule has 0 saturated heterocycles. The predicted molar refractivity (Wildman–Crippen MR) is 67.1 cm³/mol. The summed E-state index contributed by atoms with van der Waals surface area (Å²) in [5.41, 5.74) is 1.72. The van der Waals surface area contributed by atoms with E-state index >= 15 is 0 Å². The van der Waals surface area contributed by atoms with E-state index in [0.717, 1.165) is 18.8 Å². The van der Waals surface area contributed by atoms with Crippen LogP contribution in [0.3, 0.4) is 0 Å². The Labute approximate surface area is 98.5 Å². The van der Waals surface area contributed by atoms with Crippen molar-refractivity contribution < 1.29 is 0 Å². The molecule has 1 fully saturated rings. The number of nitrogens with zero attached hydrogens (tertiary/aromatic N) is 1. The Morgan fingerprint density at radius 2 is 2.12 bits per heavy atom. The minimum absolute atomic E-state index is 0.578. The van der Waals surface area contributed by atoms with Gasteiger partial charge in [-0.15, -0.1) is 0 Å². The molecule has 1 heterocycles. The maximum Gasteiger partial charge on any atom is 0.0541 e. The fourth-order valence-corrected chi connectivity index (χ4v) is 2.74. The third-order valence-corrected chi connectivity index (χ3v) is 3.95. The largest absolute Gasteiger partial charge is 0.311 e. The molecule has 1 aliphatic carbocycles. The molecule has 0 unspecified atom stereocenters. The Hall–Kier alpha value is -0.890. The van der Waals surface area contributed by atoms with Crippen LogP contribution in [0.5, 0.6) is 0 Å². The molecule has 88 valence electrons. The molecule has 16 heavy (non-hydrogen) atoms. The Bertz CT molecular complexity index is 302. The Balaban J connectivity index is 1.79. The van der Waals surface area contributed by atoms with Gasteiger partial charge in [0.25, 0.3) is 0 Å². The van der Waals surface area contributed by atoms with Crippen molar-refractivity contribution in [2.45, 2.75) is 45.6 Å². The van der Waals surface area contributed by atoms with Crippen molar-refractivity contribution >= 4 is 0 Å². The molecule has 0 aromatic carbocycles. The highest BCUT2D eigenvalue weighted by Gasteiger charge is 2.31. The van der Waals surface area contributed by atoms with Gasteiger partial charge < -0.3 is 5.32 Å². The average molecular weight is 218 g/mol. The lowest BCUT2D eigenvalue weighted by Gasteiger charge is -2.27. The number of pyridine rings is 1. The molecule has 1 saturated carbocycles. The van der Waals surface area contributed by atoms with E-state index in [0.29, 0.717) is 5.41 Å². The summed E-state index contributed by atoms with van der Waals surface area (Å²) in [6.45, 7) is 4.39. The fraction of sp³-hybridized carbons (Fsp3) is 0.643. The molecular weight excluding hydrogens is 196 g/mol. The molecule has 1 N–H and O–H groups in total. The molecule has 2 heteroatoms. The standard InChI is InChI=1S/C14H22N2/c1-2-14(8-4-5-9-14)12-15-11-13-7-3-6-10-16-13/h3,6-7,10,15H,2,4-5,8-9,11-12H2,1H3. The van der Waals surface area contributed by atoms with Gasteiger partial charge in [-0.25, -0.2) is 0 Å². The lowest BCUT2D eigenvalue weighted by molar-refractivity contribution is 0.268. The number of nitrogens with one attached hydrogen (secondary N) is 1. The second-order valence-electron chi connectivity index (χ2n) is 4.99. The molecule has 0 amide bonds. The van der Waals surface area contributed by atoms with E-state index in [2.05, 4.69) is 29.4 Å². The van der Waals surface area contributed by atoms with E-state index in [-0.39, 0.29) is 0 Å². The molecular formula is C14H22N2. The van der Waals surface area contributed by atoms with Crippen LogP contribution in [0.4, 0.5) is 0 Å². The van der Waals surface area contributed by atoms with E-state index < -0.39 is 0 Å². The van der Waals surface area contributed by atoms with Crippen molar-refractivity contribution in [3.8, 4) is 0 Å². The summed E-state index contributed by atoms with van der Waals surface area (Å²) >= 11 is 0. The molecule has 0 atom stereocenters. The third-order valence-electron chi connectivity index (χ3n) is 3.95. The number of rotatable bonds is 5. The molecule has 2 rings (SSSR count). The van der Waals surface area contributed by atoms with Crippen LogP contribution >= 0.6 is 0 Å². The van der Waals surface area contributed by atoms with Gasteiger partial charge in [0.2, 0.25) is 0 Å². The smallest absolute Gasteiger partial charge is 0.0541 e. The van der Waals surface area contributed by atoms with E-state index in [1.54, 1.807) is 0 Å². The monoisotopic (exact) mass is 218 g/mol. The molecule has 2 nitrogen and oxygen atoms in total. The predicted octanol–water partition coefficient (Wildman–Crippen LogP) is 3.14. The van der Waals surface area contributed by atoms with Gasteiger partial charge in [0.1, 0.15) is 0 Å². The maximum absolute atomic E-state index is 4.33. The van der Waals surface area contributed by atoms with Crippen LogP contribution in [-0.4, -0.2) is 11.5 Å². The van der Waals surface area contributed by atoms with Crippen LogP contribution < -0.4 is 5.32 Å². The molecule has 1 aromatic heterocycles. The number of hydrogen-bond acceptors (Lipinski definition) is 2. The van der Waals surface area contributed by atoms with Crippen LogP contribution in [0.1, 0.15) is 44.7 Å². The quantitative estimate of drug-likeness (QED) is 0.821. The first-order valence-corrected chi connectivity index (χ1v) is 6.45. The second-order valence-corrected chi connectivity index (χ2v) is 4.99. The van der Waals surface area contributed by atoms with Crippen molar-refractivity contribution in [2.24, 2.45) is 5.41 Å². The fourth-order valence-electron chi connectivity index (χ4n) is 2.74. The first-order valence-electron chi connectivity index (χ1n) is 6.45. The zero-order chi connectivity index (χ0) is 11.3. The Morgan fingerprint density at radius 3 is 2.75 bits per heavy atom. The van der Waals surface area contributed by atoms with Crippen LogP contribution in [0.2, 0.25) is 0 Å². The van der Waals surface area contributed by atoms with E-state index in [9.17, 15) is 0 Å². The highest BCUT2D eigenvalue weighted by atomic mass is 14.9.